The average Bonchev–Trinajstić information content (AvgIpc) is 3.17. The summed E-state index contributed by atoms with van der Waals surface area (Å²) in [4.78, 5) is 23.4. The van der Waals surface area contributed by atoms with Gasteiger partial charge in [0.2, 0.25) is 10.4 Å². The number of benzene rings is 2. The van der Waals surface area contributed by atoms with Crippen LogP contribution in [0.2, 0.25) is 0 Å². The van der Waals surface area contributed by atoms with E-state index >= 15 is 0 Å². The summed E-state index contributed by atoms with van der Waals surface area (Å²) in [7, 11) is -12.9. The first-order valence-corrected chi connectivity index (χ1v) is 14.5. The number of rotatable bonds is 11. The first kappa shape index (κ1) is 43.1. The second-order valence-electron chi connectivity index (χ2n) is 7.37. The standard InChI is InChI=1S/C19H18N4O13S3.3K/c1-35-15-7-6-13(37(27,28)9-8-36-39(32,33)34)10-14(15)20-21-16-17(19(25)26)22-23(18(16)24)11-2-4-12(5-3-11)38(29,30)31;;;/h2-7,10,16H,8-9H2,1H3,(H,25,26)(H,29,30,31)(H,32,33,34);;;/q;3*+1/p-3. The molecule has 1 heterocycles. The molecule has 42 heavy (non-hydrogen) atoms. The second-order valence-corrected chi connectivity index (χ2v) is 11.9. The molecule has 0 spiro atoms. The van der Waals surface area contributed by atoms with Gasteiger partial charge in [-0.1, -0.05) is 0 Å². The number of aliphatic carboxylic acids is 1. The molecule has 0 aromatic heterocycles. The van der Waals surface area contributed by atoms with E-state index in [0.717, 1.165) is 42.5 Å². The van der Waals surface area contributed by atoms with Crippen LogP contribution in [0.4, 0.5) is 11.4 Å². The molecule has 1 amide bonds. The number of anilines is 1. The molecule has 0 saturated carbocycles. The van der Waals surface area contributed by atoms with Crippen molar-refractivity contribution in [1.29, 1.82) is 0 Å². The fraction of sp³-hybridized carbons (Fsp3) is 0.211. The van der Waals surface area contributed by atoms with E-state index in [1.807, 2.05) is 0 Å². The van der Waals surface area contributed by atoms with Gasteiger partial charge in [0.1, 0.15) is 27.3 Å². The Labute approximate surface area is 367 Å². The van der Waals surface area contributed by atoms with E-state index in [1.165, 1.54) is 7.11 Å². The van der Waals surface area contributed by atoms with Gasteiger partial charge in [0.05, 0.1) is 40.9 Å². The van der Waals surface area contributed by atoms with E-state index in [1.54, 1.807) is 0 Å². The van der Waals surface area contributed by atoms with Crippen molar-refractivity contribution in [3.63, 3.8) is 0 Å². The predicted molar refractivity (Wildman–Crippen MR) is 123 cm³/mol. The number of nitrogens with zero attached hydrogens (tertiary/aromatic N) is 4. The van der Waals surface area contributed by atoms with Crippen LogP contribution in [-0.4, -0.2) is 77.5 Å². The van der Waals surface area contributed by atoms with Gasteiger partial charge in [-0.05, 0) is 42.5 Å². The van der Waals surface area contributed by atoms with E-state index in [2.05, 4.69) is 19.5 Å². The minimum Gasteiger partial charge on any atom is -0.744 e. The number of ether oxygens (including phenoxy) is 1. The average molecular weight is 721 g/mol. The van der Waals surface area contributed by atoms with Crippen LogP contribution in [-0.2, 0) is 44.1 Å². The van der Waals surface area contributed by atoms with Crippen LogP contribution in [0.15, 0.2) is 67.6 Å². The van der Waals surface area contributed by atoms with E-state index in [4.69, 9.17) is 4.74 Å². The number of carboxylic acids is 1. The number of methoxy groups -OCH3 is 1. The second kappa shape index (κ2) is 17.9. The van der Waals surface area contributed by atoms with E-state index in [-0.39, 0.29) is 171 Å². The van der Waals surface area contributed by atoms with Crippen LogP contribution in [0.3, 0.4) is 0 Å². The van der Waals surface area contributed by atoms with Gasteiger partial charge in [0, 0.05) is 0 Å². The van der Waals surface area contributed by atoms with Crippen LogP contribution >= 0.6 is 0 Å². The smallest absolute Gasteiger partial charge is 0.744 e. The predicted octanol–water partition coefficient (Wildman–Crippen LogP) is -10.5. The molecular formula is C19H15K3N4O13S3. The number of carbonyl (C=O) groups is 2. The van der Waals surface area contributed by atoms with Crippen LogP contribution in [0, 0.1) is 0 Å². The van der Waals surface area contributed by atoms with Crippen molar-refractivity contribution in [2.45, 2.75) is 15.8 Å². The maximum atomic E-state index is 12.9. The number of azo groups is 1. The maximum absolute atomic E-state index is 12.9. The zero-order valence-corrected chi connectivity index (χ0v) is 34.2. The van der Waals surface area contributed by atoms with Gasteiger partial charge in [-0.2, -0.15) is 20.3 Å². The molecular weight excluding hydrogens is 706 g/mol. The van der Waals surface area contributed by atoms with E-state index in [0.29, 0.717) is 5.01 Å². The summed E-state index contributed by atoms with van der Waals surface area (Å²) in [5.74, 6) is -3.92. The SMILES string of the molecule is COc1ccc(S(=O)(=O)CCOS(=O)(=O)[O-])cc1N=NC1C(=O)N(c2ccc(S(=O)(=O)[O-])cc2)N=C1C(=O)[O-].[K+].[K+].[K+]. The quantitative estimate of drug-likeness (QED) is 0.0905. The Kier molecular flexibility index (Phi) is 18.3. The first-order valence-electron chi connectivity index (χ1n) is 10.1. The van der Waals surface area contributed by atoms with Gasteiger partial charge in [-0.25, -0.2) is 25.3 Å². The number of sulfone groups is 1. The van der Waals surface area contributed by atoms with E-state index < -0.39 is 76.1 Å². The molecule has 0 N–H and O–H groups in total. The van der Waals surface area contributed by atoms with Crippen molar-refractivity contribution in [1.82, 2.24) is 0 Å². The third-order valence-electron chi connectivity index (χ3n) is 4.86. The van der Waals surface area contributed by atoms with Gasteiger partial charge in [0.25, 0.3) is 5.91 Å². The Bertz CT molecular complexity index is 1700. The number of hydrogen-bond donors (Lipinski definition) is 0. The fourth-order valence-corrected chi connectivity index (χ4v) is 5.03. The Morgan fingerprint density at radius 3 is 2.05 bits per heavy atom. The molecule has 1 unspecified atom stereocenters. The van der Waals surface area contributed by atoms with Gasteiger partial charge in [-0.3, -0.25) is 8.98 Å². The number of hydrogen-bond acceptors (Lipinski definition) is 16. The van der Waals surface area contributed by atoms with Crippen molar-refractivity contribution in [3.8, 4) is 5.75 Å². The van der Waals surface area contributed by atoms with Gasteiger partial charge >= 0.3 is 154 Å². The molecule has 3 rings (SSSR count). The van der Waals surface area contributed by atoms with Crippen LogP contribution in [0.5, 0.6) is 5.75 Å². The molecule has 0 saturated heterocycles. The molecule has 210 valence electrons. The Morgan fingerprint density at radius 1 is 0.976 bits per heavy atom. The van der Waals surface area contributed by atoms with Crippen LogP contribution in [0.25, 0.3) is 0 Å². The third kappa shape index (κ3) is 11.7. The van der Waals surface area contributed by atoms with Gasteiger partial charge in [-0.15, -0.1) is 0 Å². The molecule has 1 aliphatic heterocycles. The topological polar surface area (TPSA) is 265 Å². The normalized spacial score (nSPS) is 15.3. The molecule has 1 atom stereocenters. The van der Waals surface area contributed by atoms with E-state index in [9.17, 15) is 49.1 Å². The molecule has 0 bridgehead atoms. The molecule has 2 aromatic carbocycles. The Balaban J connectivity index is 0.00000560. The molecule has 0 fully saturated rings. The summed E-state index contributed by atoms with van der Waals surface area (Å²) in [6.07, 6.45) is 0. The van der Waals surface area contributed by atoms with Crippen molar-refractivity contribution in [2.24, 2.45) is 15.3 Å². The monoisotopic (exact) mass is 720 g/mol. The molecule has 1 aliphatic rings. The van der Waals surface area contributed by atoms with Crippen molar-refractivity contribution < 1.29 is 212 Å². The molecule has 0 aliphatic carbocycles. The number of hydrazone groups is 1. The zero-order valence-electron chi connectivity index (χ0n) is 22.4. The Hall–Kier alpha value is 1.09. The van der Waals surface area contributed by atoms with Crippen molar-refractivity contribution in [2.75, 3.05) is 24.5 Å². The molecule has 23 heteroatoms. The van der Waals surface area contributed by atoms with Crippen molar-refractivity contribution >= 4 is 59.3 Å². The Morgan fingerprint density at radius 2 is 1.55 bits per heavy atom. The largest absolute Gasteiger partial charge is 1.00 e. The molecule has 17 nitrogen and oxygen atoms in total. The molecule has 2 aromatic rings. The summed E-state index contributed by atoms with van der Waals surface area (Å²) in [6, 6.07) is 5.08. The summed E-state index contributed by atoms with van der Waals surface area (Å²) in [5.41, 5.74) is -1.29. The zero-order chi connectivity index (χ0) is 29.2. The fourth-order valence-electron chi connectivity index (χ4n) is 3.06. The first-order chi connectivity index (χ1) is 18.0. The van der Waals surface area contributed by atoms with Gasteiger partial charge in [0.15, 0.2) is 15.9 Å². The summed E-state index contributed by atoms with van der Waals surface area (Å²) < 4.78 is 98.9. The number of carbonyl (C=O) groups excluding carboxylic acids is 2. The summed E-state index contributed by atoms with van der Waals surface area (Å²) in [6.45, 7) is -0.962. The maximum Gasteiger partial charge on any atom is 1.00 e. The summed E-state index contributed by atoms with van der Waals surface area (Å²) in [5, 5.41) is 23.2. The molecule has 0 radical (unpaired) electrons. The minimum absolute atomic E-state index is 0. The van der Waals surface area contributed by atoms with Crippen molar-refractivity contribution in [3.05, 3.63) is 42.5 Å². The number of carboxylic acid groups (broad SMARTS) is 1. The van der Waals surface area contributed by atoms with Gasteiger partial charge < -0.3 is 23.7 Å². The minimum atomic E-state index is -5.13. The van der Waals surface area contributed by atoms with Crippen LogP contribution in [0.1, 0.15) is 0 Å². The summed E-state index contributed by atoms with van der Waals surface area (Å²) >= 11 is 0. The number of amides is 1. The third-order valence-corrected chi connectivity index (χ3v) is 7.84. The van der Waals surface area contributed by atoms with Crippen LogP contribution < -0.4 is 169 Å².